The standard InChI is InChI=1S/C12H16N4O.C4H4O4/c17-12(11-6-13-1-2-15-11)16-7-9-3-10(8-16)5-14-4-9;5-3(6)1-2-4(7)8/h1-2,6,9-10,14H,3-5,7-8H2;1-2H,(H,5,6)(H,7,8)/b;2-1+/t9-,10+;. The number of carboxylic acid groups (broad SMARTS) is 2. The Morgan fingerprint density at radius 2 is 1.68 bits per heavy atom. The predicted octanol–water partition coefficient (Wildman–Crippen LogP) is -0.130. The van der Waals surface area contributed by atoms with Gasteiger partial charge in [0.05, 0.1) is 6.20 Å². The Kier molecular flexibility index (Phi) is 6.58. The normalized spacial score (nSPS) is 22.0. The van der Waals surface area contributed by atoms with Gasteiger partial charge in [0.1, 0.15) is 5.69 Å². The molecule has 3 heterocycles. The lowest BCUT2D eigenvalue weighted by atomic mass is 9.86. The van der Waals surface area contributed by atoms with Crippen molar-refractivity contribution < 1.29 is 24.6 Å². The summed E-state index contributed by atoms with van der Waals surface area (Å²) in [6, 6.07) is 0. The van der Waals surface area contributed by atoms with E-state index in [1.807, 2.05) is 4.90 Å². The van der Waals surface area contributed by atoms with E-state index in [0.717, 1.165) is 26.2 Å². The number of carboxylic acids is 2. The lowest BCUT2D eigenvalue weighted by Crippen LogP contribution is -2.52. The highest BCUT2D eigenvalue weighted by atomic mass is 16.4. The Hall–Kier alpha value is -2.81. The van der Waals surface area contributed by atoms with Crippen LogP contribution in [0.15, 0.2) is 30.7 Å². The van der Waals surface area contributed by atoms with E-state index < -0.39 is 11.9 Å². The van der Waals surface area contributed by atoms with Crippen LogP contribution in [0.4, 0.5) is 0 Å². The first-order valence-electron chi connectivity index (χ1n) is 7.85. The number of rotatable bonds is 3. The zero-order valence-electron chi connectivity index (χ0n) is 13.5. The summed E-state index contributed by atoms with van der Waals surface area (Å²) in [7, 11) is 0. The van der Waals surface area contributed by atoms with E-state index in [9.17, 15) is 14.4 Å². The molecule has 2 aliphatic rings. The SMILES string of the molecule is O=C(O)/C=C/C(=O)O.O=C(c1cnccn1)N1C[C@@H]2CNC[C@@H](C2)C1. The molecule has 0 unspecified atom stereocenters. The van der Waals surface area contributed by atoms with E-state index in [4.69, 9.17) is 10.2 Å². The molecule has 0 saturated carbocycles. The van der Waals surface area contributed by atoms with Crippen molar-refractivity contribution in [1.82, 2.24) is 20.2 Å². The smallest absolute Gasteiger partial charge is 0.328 e. The number of likely N-dealkylation sites (tertiary alicyclic amines) is 1. The Balaban J connectivity index is 0.000000242. The molecular weight excluding hydrogens is 328 g/mol. The zero-order valence-corrected chi connectivity index (χ0v) is 13.5. The number of carbonyl (C=O) groups excluding carboxylic acids is 1. The van der Waals surface area contributed by atoms with Crippen LogP contribution in [-0.4, -0.2) is 69.1 Å². The van der Waals surface area contributed by atoms with E-state index in [1.165, 1.54) is 6.42 Å². The summed E-state index contributed by atoms with van der Waals surface area (Å²) < 4.78 is 0. The fraction of sp³-hybridized carbons (Fsp3) is 0.438. The van der Waals surface area contributed by atoms with Crippen molar-refractivity contribution >= 4 is 17.8 Å². The van der Waals surface area contributed by atoms with E-state index in [2.05, 4.69) is 15.3 Å². The fourth-order valence-corrected chi connectivity index (χ4v) is 2.99. The Labute approximate surface area is 144 Å². The number of fused-ring (bicyclic) bond motifs is 2. The third kappa shape index (κ3) is 5.96. The van der Waals surface area contributed by atoms with Gasteiger partial charge in [-0.15, -0.1) is 0 Å². The highest BCUT2D eigenvalue weighted by molar-refractivity contribution is 5.92. The molecule has 25 heavy (non-hydrogen) atoms. The number of hydrogen-bond acceptors (Lipinski definition) is 6. The molecule has 2 aliphatic heterocycles. The quantitative estimate of drug-likeness (QED) is 0.644. The van der Waals surface area contributed by atoms with Gasteiger partial charge < -0.3 is 20.4 Å². The highest BCUT2D eigenvalue weighted by Gasteiger charge is 2.33. The van der Waals surface area contributed by atoms with Crippen molar-refractivity contribution in [3.05, 3.63) is 36.4 Å². The molecule has 1 aromatic heterocycles. The molecule has 1 amide bonds. The van der Waals surface area contributed by atoms with Gasteiger partial charge in [0.25, 0.3) is 5.91 Å². The molecule has 0 spiro atoms. The summed E-state index contributed by atoms with van der Waals surface area (Å²) in [6.45, 7) is 3.75. The molecule has 9 heteroatoms. The van der Waals surface area contributed by atoms with Crippen molar-refractivity contribution in [3.63, 3.8) is 0 Å². The van der Waals surface area contributed by atoms with E-state index in [-0.39, 0.29) is 5.91 Å². The van der Waals surface area contributed by atoms with Gasteiger partial charge in [-0.3, -0.25) is 9.78 Å². The van der Waals surface area contributed by atoms with Crippen molar-refractivity contribution in [2.24, 2.45) is 11.8 Å². The molecule has 9 nitrogen and oxygen atoms in total. The Morgan fingerprint density at radius 1 is 1.08 bits per heavy atom. The van der Waals surface area contributed by atoms with Crippen LogP contribution >= 0.6 is 0 Å². The number of carbonyl (C=O) groups is 3. The first-order chi connectivity index (χ1) is 12.0. The number of piperidine rings is 2. The van der Waals surface area contributed by atoms with Gasteiger partial charge in [-0.05, 0) is 31.3 Å². The van der Waals surface area contributed by atoms with Crippen LogP contribution in [0.5, 0.6) is 0 Å². The molecule has 2 atom stereocenters. The van der Waals surface area contributed by atoms with Gasteiger partial charge >= 0.3 is 11.9 Å². The maximum absolute atomic E-state index is 12.2. The maximum Gasteiger partial charge on any atom is 0.328 e. The first kappa shape index (κ1) is 18.5. The van der Waals surface area contributed by atoms with Gasteiger partial charge in [-0.1, -0.05) is 0 Å². The van der Waals surface area contributed by atoms with Gasteiger partial charge in [0.15, 0.2) is 0 Å². The van der Waals surface area contributed by atoms with Gasteiger partial charge in [-0.2, -0.15) is 0 Å². The van der Waals surface area contributed by atoms with E-state index in [1.54, 1.807) is 18.6 Å². The summed E-state index contributed by atoms with van der Waals surface area (Å²) in [6.07, 6.45) is 7.07. The number of aromatic nitrogens is 2. The van der Waals surface area contributed by atoms with Crippen LogP contribution in [0, 0.1) is 11.8 Å². The Morgan fingerprint density at radius 3 is 2.16 bits per heavy atom. The molecule has 0 aromatic carbocycles. The van der Waals surface area contributed by atoms with Crippen molar-refractivity contribution in [1.29, 1.82) is 0 Å². The molecule has 2 bridgehead atoms. The number of aliphatic carboxylic acids is 2. The number of nitrogens with one attached hydrogen (secondary N) is 1. The molecule has 2 fully saturated rings. The minimum absolute atomic E-state index is 0.0229. The second-order valence-electron chi connectivity index (χ2n) is 5.94. The monoisotopic (exact) mass is 348 g/mol. The molecule has 3 rings (SSSR count). The average molecular weight is 348 g/mol. The van der Waals surface area contributed by atoms with Crippen LogP contribution in [0.3, 0.4) is 0 Å². The molecule has 2 saturated heterocycles. The maximum atomic E-state index is 12.2. The third-order valence-electron chi connectivity index (χ3n) is 3.93. The summed E-state index contributed by atoms with van der Waals surface area (Å²) in [5.74, 6) is -1.29. The third-order valence-corrected chi connectivity index (χ3v) is 3.93. The lowest BCUT2D eigenvalue weighted by molar-refractivity contribution is -0.134. The average Bonchev–Trinajstić information content (AvgIpc) is 2.60. The first-order valence-corrected chi connectivity index (χ1v) is 7.85. The Bertz CT molecular complexity index is 621. The summed E-state index contributed by atoms with van der Waals surface area (Å²) in [5.41, 5.74) is 0.459. The second kappa shape index (κ2) is 8.88. The summed E-state index contributed by atoms with van der Waals surface area (Å²) in [5, 5.41) is 19.0. The zero-order chi connectivity index (χ0) is 18.2. The summed E-state index contributed by atoms with van der Waals surface area (Å²) in [4.78, 5) is 41.3. The number of amides is 1. The van der Waals surface area contributed by atoms with Crippen LogP contribution in [0.25, 0.3) is 0 Å². The van der Waals surface area contributed by atoms with Gasteiger partial charge in [-0.25, -0.2) is 14.6 Å². The lowest BCUT2D eigenvalue weighted by Gasteiger charge is -2.41. The predicted molar refractivity (Wildman–Crippen MR) is 86.8 cm³/mol. The molecule has 3 N–H and O–H groups in total. The number of nitrogens with zero attached hydrogens (tertiary/aromatic N) is 3. The van der Waals surface area contributed by atoms with Crippen LogP contribution in [0.1, 0.15) is 16.9 Å². The fourth-order valence-electron chi connectivity index (χ4n) is 2.99. The van der Waals surface area contributed by atoms with E-state index in [0.29, 0.717) is 29.7 Å². The van der Waals surface area contributed by atoms with Crippen molar-refractivity contribution in [3.8, 4) is 0 Å². The minimum Gasteiger partial charge on any atom is -0.478 e. The second-order valence-corrected chi connectivity index (χ2v) is 5.94. The van der Waals surface area contributed by atoms with Crippen LogP contribution in [-0.2, 0) is 9.59 Å². The molecule has 1 aromatic rings. The molecule has 134 valence electrons. The summed E-state index contributed by atoms with van der Waals surface area (Å²) >= 11 is 0. The molecular formula is C16H20N4O5. The van der Waals surface area contributed by atoms with Gasteiger partial charge in [0, 0.05) is 37.6 Å². The minimum atomic E-state index is -1.26. The van der Waals surface area contributed by atoms with Crippen molar-refractivity contribution in [2.75, 3.05) is 26.2 Å². The van der Waals surface area contributed by atoms with Crippen molar-refractivity contribution in [2.45, 2.75) is 6.42 Å². The highest BCUT2D eigenvalue weighted by Crippen LogP contribution is 2.25. The van der Waals surface area contributed by atoms with E-state index >= 15 is 0 Å². The number of hydrogen-bond donors (Lipinski definition) is 3. The van der Waals surface area contributed by atoms with Gasteiger partial charge in [0.2, 0.25) is 0 Å². The topological polar surface area (TPSA) is 133 Å². The van der Waals surface area contributed by atoms with Crippen LogP contribution < -0.4 is 5.32 Å². The largest absolute Gasteiger partial charge is 0.478 e. The van der Waals surface area contributed by atoms with Crippen LogP contribution in [0.2, 0.25) is 0 Å². The molecule has 0 aliphatic carbocycles. The molecule has 0 radical (unpaired) electrons.